The summed E-state index contributed by atoms with van der Waals surface area (Å²) in [5.74, 6) is 0.701. The van der Waals surface area contributed by atoms with Crippen molar-refractivity contribution in [2.45, 2.75) is 26.7 Å². The third-order valence-electron chi connectivity index (χ3n) is 3.39. The fourth-order valence-corrected chi connectivity index (χ4v) is 2.55. The second kappa shape index (κ2) is 5.99. The van der Waals surface area contributed by atoms with E-state index < -0.39 is 5.82 Å². The molecule has 104 valence electrons. The Morgan fingerprint density at radius 3 is 3.11 bits per heavy atom. The van der Waals surface area contributed by atoms with Crippen molar-refractivity contribution in [2.75, 3.05) is 18.4 Å². The Hall–Kier alpha value is -1.65. The molecule has 2 heterocycles. The highest BCUT2D eigenvalue weighted by molar-refractivity contribution is 5.89. The summed E-state index contributed by atoms with van der Waals surface area (Å²) < 4.78 is 13.4. The molecule has 1 aliphatic heterocycles. The standard InChI is InChI=1S/C14H20FN3O/c1-10(2)7-11-4-6-18(9-11)14(19)17-13-3-5-16-8-12(13)15/h3,5,8,10-11H,4,6-7,9H2,1-2H3,(H,16,17,19). The highest BCUT2D eigenvalue weighted by Gasteiger charge is 2.26. The zero-order chi connectivity index (χ0) is 13.8. The van der Waals surface area contributed by atoms with Crippen molar-refractivity contribution in [1.82, 2.24) is 9.88 Å². The molecule has 1 aliphatic rings. The van der Waals surface area contributed by atoms with E-state index in [0.717, 1.165) is 32.1 Å². The molecular weight excluding hydrogens is 245 g/mol. The van der Waals surface area contributed by atoms with Gasteiger partial charge < -0.3 is 10.2 Å². The molecule has 1 unspecified atom stereocenters. The quantitative estimate of drug-likeness (QED) is 0.912. The normalized spacial score (nSPS) is 18.9. The van der Waals surface area contributed by atoms with E-state index in [4.69, 9.17) is 0 Å². The summed E-state index contributed by atoms with van der Waals surface area (Å²) >= 11 is 0. The number of amides is 2. The maximum Gasteiger partial charge on any atom is 0.321 e. The van der Waals surface area contributed by atoms with Crippen molar-refractivity contribution in [3.8, 4) is 0 Å². The zero-order valence-electron chi connectivity index (χ0n) is 11.4. The van der Waals surface area contributed by atoms with Gasteiger partial charge in [-0.25, -0.2) is 9.18 Å². The highest BCUT2D eigenvalue weighted by atomic mass is 19.1. The summed E-state index contributed by atoms with van der Waals surface area (Å²) in [5.41, 5.74) is 0.187. The number of halogens is 1. The summed E-state index contributed by atoms with van der Waals surface area (Å²) in [4.78, 5) is 17.4. The molecule has 4 nitrogen and oxygen atoms in total. The highest BCUT2D eigenvalue weighted by Crippen LogP contribution is 2.24. The fraction of sp³-hybridized carbons (Fsp3) is 0.571. The van der Waals surface area contributed by atoms with Gasteiger partial charge in [-0.3, -0.25) is 4.98 Å². The lowest BCUT2D eigenvalue weighted by atomic mass is 9.97. The molecule has 2 rings (SSSR count). The third-order valence-corrected chi connectivity index (χ3v) is 3.39. The smallest absolute Gasteiger partial charge is 0.321 e. The number of hydrogen-bond donors (Lipinski definition) is 1. The monoisotopic (exact) mass is 265 g/mol. The maximum atomic E-state index is 13.4. The average molecular weight is 265 g/mol. The summed E-state index contributed by atoms with van der Waals surface area (Å²) in [6, 6.07) is 1.24. The van der Waals surface area contributed by atoms with Crippen molar-refractivity contribution < 1.29 is 9.18 Å². The van der Waals surface area contributed by atoms with Crippen LogP contribution in [0.15, 0.2) is 18.5 Å². The molecule has 0 saturated carbocycles. The molecule has 1 aromatic heterocycles. The Morgan fingerprint density at radius 1 is 1.63 bits per heavy atom. The number of carbonyl (C=O) groups is 1. The molecule has 2 amide bonds. The van der Waals surface area contributed by atoms with E-state index in [1.807, 2.05) is 0 Å². The number of nitrogens with zero attached hydrogens (tertiary/aromatic N) is 2. The minimum absolute atomic E-state index is 0.187. The number of urea groups is 1. The van der Waals surface area contributed by atoms with Gasteiger partial charge in [0, 0.05) is 19.3 Å². The second-order valence-corrected chi connectivity index (χ2v) is 5.52. The minimum atomic E-state index is -0.506. The van der Waals surface area contributed by atoms with E-state index in [2.05, 4.69) is 24.1 Å². The molecule has 0 aliphatic carbocycles. The van der Waals surface area contributed by atoms with Gasteiger partial charge in [0.05, 0.1) is 11.9 Å². The lowest BCUT2D eigenvalue weighted by Gasteiger charge is -2.18. The molecular formula is C14H20FN3O. The zero-order valence-corrected chi connectivity index (χ0v) is 11.4. The SMILES string of the molecule is CC(C)CC1CCN(C(=O)Nc2ccncc2F)C1. The average Bonchev–Trinajstić information content (AvgIpc) is 2.79. The Morgan fingerprint density at radius 2 is 2.42 bits per heavy atom. The van der Waals surface area contributed by atoms with Gasteiger partial charge in [0.2, 0.25) is 0 Å². The van der Waals surface area contributed by atoms with Crippen LogP contribution in [0.4, 0.5) is 14.9 Å². The van der Waals surface area contributed by atoms with Gasteiger partial charge in [0.15, 0.2) is 5.82 Å². The van der Waals surface area contributed by atoms with Crippen LogP contribution in [0.3, 0.4) is 0 Å². The Bertz CT molecular complexity index is 450. The first-order valence-corrected chi connectivity index (χ1v) is 6.71. The molecule has 1 saturated heterocycles. The molecule has 1 aromatic rings. The van der Waals surface area contributed by atoms with Gasteiger partial charge in [0.1, 0.15) is 0 Å². The molecule has 1 N–H and O–H groups in total. The van der Waals surface area contributed by atoms with Gasteiger partial charge in [-0.1, -0.05) is 13.8 Å². The molecule has 5 heteroatoms. The van der Waals surface area contributed by atoms with E-state index in [0.29, 0.717) is 11.8 Å². The maximum absolute atomic E-state index is 13.4. The minimum Gasteiger partial charge on any atom is -0.324 e. The molecule has 19 heavy (non-hydrogen) atoms. The number of nitrogens with one attached hydrogen (secondary N) is 1. The summed E-state index contributed by atoms with van der Waals surface area (Å²) in [6.45, 7) is 5.89. The first-order valence-electron chi connectivity index (χ1n) is 6.71. The van der Waals surface area contributed by atoms with Crippen molar-refractivity contribution >= 4 is 11.7 Å². The number of hydrogen-bond acceptors (Lipinski definition) is 2. The predicted molar refractivity (Wildman–Crippen MR) is 72.3 cm³/mol. The van der Waals surface area contributed by atoms with Gasteiger partial charge in [-0.15, -0.1) is 0 Å². The van der Waals surface area contributed by atoms with Gasteiger partial charge in [-0.05, 0) is 30.7 Å². The van der Waals surface area contributed by atoms with Crippen LogP contribution in [-0.2, 0) is 0 Å². The van der Waals surface area contributed by atoms with Gasteiger partial charge in [-0.2, -0.15) is 0 Å². The summed E-state index contributed by atoms with van der Waals surface area (Å²) in [5, 5.41) is 2.60. The van der Waals surface area contributed by atoms with Crippen molar-refractivity contribution in [3.63, 3.8) is 0 Å². The van der Waals surface area contributed by atoms with Crippen LogP contribution in [0.1, 0.15) is 26.7 Å². The number of likely N-dealkylation sites (tertiary alicyclic amines) is 1. The first-order chi connectivity index (χ1) is 9.06. The molecule has 0 aromatic carbocycles. The van der Waals surface area contributed by atoms with E-state index in [1.165, 1.54) is 12.3 Å². The second-order valence-electron chi connectivity index (χ2n) is 5.52. The van der Waals surface area contributed by atoms with Crippen LogP contribution < -0.4 is 5.32 Å². The lowest BCUT2D eigenvalue weighted by molar-refractivity contribution is 0.220. The summed E-state index contributed by atoms with van der Waals surface area (Å²) in [6.07, 6.45) is 4.73. The number of carbonyl (C=O) groups excluding carboxylic acids is 1. The number of pyridine rings is 1. The van der Waals surface area contributed by atoms with Crippen LogP contribution in [0, 0.1) is 17.7 Å². The van der Waals surface area contributed by atoms with E-state index in [-0.39, 0.29) is 11.7 Å². The van der Waals surface area contributed by atoms with Gasteiger partial charge in [0.25, 0.3) is 0 Å². The number of rotatable bonds is 3. The fourth-order valence-electron chi connectivity index (χ4n) is 2.55. The van der Waals surface area contributed by atoms with Gasteiger partial charge >= 0.3 is 6.03 Å². The molecule has 0 bridgehead atoms. The van der Waals surface area contributed by atoms with Crippen molar-refractivity contribution in [1.29, 1.82) is 0 Å². The van der Waals surface area contributed by atoms with E-state index in [1.54, 1.807) is 4.90 Å². The Balaban J connectivity index is 1.90. The molecule has 0 spiro atoms. The third kappa shape index (κ3) is 3.66. The van der Waals surface area contributed by atoms with Crippen LogP contribution in [-0.4, -0.2) is 29.0 Å². The van der Waals surface area contributed by atoms with Crippen LogP contribution in [0.25, 0.3) is 0 Å². The lowest BCUT2D eigenvalue weighted by Crippen LogP contribution is -2.33. The number of aromatic nitrogens is 1. The summed E-state index contributed by atoms with van der Waals surface area (Å²) in [7, 11) is 0. The van der Waals surface area contributed by atoms with Crippen LogP contribution in [0.5, 0.6) is 0 Å². The van der Waals surface area contributed by atoms with Crippen molar-refractivity contribution in [2.24, 2.45) is 11.8 Å². The topological polar surface area (TPSA) is 45.2 Å². The Kier molecular flexibility index (Phi) is 4.35. The molecule has 0 radical (unpaired) electrons. The molecule has 1 fully saturated rings. The number of anilines is 1. The van der Waals surface area contributed by atoms with Crippen molar-refractivity contribution in [3.05, 3.63) is 24.3 Å². The van der Waals surface area contributed by atoms with E-state index >= 15 is 0 Å². The van der Waals surface area contributed by atoms with Crippen LogP contribution in [0.2, 0.25) is 0 Å². The van der Waals surface area contributed by atoms with E-state index in [9.17, 15) is 9.18 Å². The van der Waals surface area contributed by atoms with Crippen LogP contribution >= 0.6 is 0 Å². The Labute approximate surface area is 113 Å². The first kappa shape index (κ1) is 13.8. The predicted octanol–water partition coefficient (Wildman–Crippen LogP) is 3.12. The molecule has 1 atom stereocenters. The largest absolute Gasteiger partial charge is 0.324 e.